The molecule has 3 heteroatoms. The van der Waals surface area contributed by atoms with Gasteiger partial charge in [-0.2, -0.15) is 5.26 Å². The van der Waals surface area contributed by atoms with Crippen LogP contribution in [0, 0.1) is 11.3 Å². The zero-order chi connectivity index (χ0) is 11.1. The van der Waals surface area contributed by atoms with Gasteiger partial charge in [-0.15, -0.1) is 6.58 Å². The molecule has 1 N–H and O–H groups in total. The van der Waals surface area contributed by atoms with Crippen LogP contribution in [0.2, 0.25) is 0 Å². The predicted molar refractivity (Wildman–Crippen MR) is 59.5 cm³/mol. The molecular weight excluding hydrogens is 188 g/mol. The van der Waals surface area contributed by atoms with Gasteiger partial charge in [-0.3, -0.25) is 5.32 Å². The van der Waals surface area contributed by atoms with Crippen molar-refractivity contribution in [3.63, 3.8) is 0 Å². The van der Waals surface area contributed by atoms with E-state index in [1.54, 1.807) is 13.2 Å². The smallest absolute Gasteiger partial charge is 0.121 e. The molecule has 78 valence electrons. The number of nitrogens with one attached hydrogen (secondary N) is 1. The maximum absolute atomic E-state index is 8.98. The van der Waals surface area contributed by atoms with Crippen molar-refractivity contribution in [2.45, 2.75) is 6.04 Å². The van der Waals surface area contributed by atoms with Gasteiger partial charge in [-0.1, -0.05) is 18.2 Å². The molecule has 0 aromatic heterocycles. The summed E-state index contributed by atoms with van der Waals surface area (Å²) in [6.45, 7) is 4.20. The molecule has 0 unspecified atom stereocenters. The first kappa shape index (κ1) is 11.3. The first-order valence-electron chi connectivity index (χ1n) is 4.69. The van der Waals surface area contributed by atoms with Crippen LogP contribution in [0.15, 0.2) is 36.9 Å². The Kier molecular flexibility index (Phi) is 4.39. The van der Waals surface area contributed by atoms with Crippen LogP contribution in [0.25, 0.3) is 0 Å². The number of benzene rings is 1. The molecule has 0 saturated heterocycles. The van der Waals surface area contributed by atoms with E-state index in [0.717, 1.165) is 11.3 Å². The lowest BCUT2D eigenvalue weighted by Gasteiger charge is -2.11. The number of rotatable bonds is 5. The summed E-state index contributed by atoms with van der Waals surface area (Å²) in [7, 11) is 1.61. The molecule has 0 heterocycles. The molecule has 0 fully saturated rings. The number of hydrogen-bond donors (Lipinski definition) is 1. The third-order valence-corrected chi connectivity index (χ3v) is 2.02. The molecule has 1 rings (SSSR count). The third kappa shape index (κ3) is 3.12. The third-order valence-electron chi connectivity index (χ3n) is 2.02. The lowest BCUT2D eigenvalue weighted by Crippen LogP contribution is -2.19. The minimum Gasteiger partial charge on any atom is -0.497 e. The Hall–Kier alpha value is -1.79. The predicted octanol–water partition coefficient (Wildman–Crippen LogP) is 2.04. The molecule has 1 aromatic carbocycles. The summed E-state index contributed by atoms with van der Waals surface area (Å²) in [5.41, 5.74) is 0.902. The van der Waals surface area contributed by atoms with Crippen LogP contribution in [0.5, 0.6) is 5.75 Å². The summed E-state index contributed by atoms with van der Waals surface area (Å²) in [6, 6.07) is 9.34. The molecular formula is C12H14N2O. The average molecular weight is 202 g/mol. The van der Waals surface area contributed by atoms with Crippen LogP contribution in [-0.4, -0.2) is 13.7 Å². The zero-order valence-corrected chi connectivity index (χ0v) is 8.73. The SMILES string of the molecule is C=CCN[C@H](C#N)c1cccc(OC)c1. The van der Waals surface area contributed by atoms with E-state index in [1.807, 2.05) is 24.3 Å². The van der Waals surface area contributed by atoms with Gasteiger partial charge in [-0.05, 0) is 17.7 Å². The van der Waals surface area contributed by atoms with E-state index in [4.69, 9.17) is 10.00 Å². The summed E-state index contributed by atoms with van der Waals surface area (Å²) in [4.78, 5) is 0. The molecule has 15 heavy (non-hydrogen) atoms. The number of nitrogens with zero attached hydrogens (tertiary/aromatic N) is 1. The van der Waals surface area contributed by atoms with Gasteiger partial charge in [0, 0.05) is 6.54 Å². The number of hydrogen-bond acceptors (Lipinski definition) is 3. The van der Waals surface area contributed by atoms with E-state index in [0.29, 0.717) is 6.54 Å². The second-order valence-corrected chi connectivity index (χ2v) is 3.04. The zero-order valence-electron chi connectivity index (χ0n) is 8.73. The fourth-order valence-electron chi connectivity index (χ4n) is 1.26. The highest BCUT2D eigenvalue weighted by atomic mass is 16.5. The summed E-state index contributed by atoms with van der Waals surface area (Å²) >= 11 is 0. The van der Waals surface area contributed by atoms with Gasteiger partial charge in [0.05, 0.1) is 13.2 Å². The molecule has 0 aliphatic rings. The van der Waals surface area contributed by atoms with E-state index in [-0.39, 0.29) is 6.04 Å². The lowest BCUT2D eigenvalue weighted by molar-refractivity contribution is 0.414. The monoisotopic (exact) mass is 202 g/mol. The van der Waals surface area contributed by atoms with Gasteiger partial charge in [-0.25, -0.2) is 0 Å². The van der Waals surface area contributed by atoms with Crippen molar-refractivity contribution in [2.75, 3.05) is 13.7 Å². The van der Waals surface area contributed by atoms with Crippen LogP contribution >= 0.6 is 0 Å². The highest BCUT2D eigenvalue weighted by molar-refractivity contribution is 5.33. The molecule has 0 radical (unpaired) electrons. The summed E-state index contributed by atoms with van der Waals surface area (Å²) in [5, 5.41) is 12.0. The van der Waals surface area contributed by atoms with Crippen molar-refractivity contribution in [3.05, 3.63) is 42.5 Å². The van der Waals surface area contributed by atoms with Gasteiger partial charge in [0.15, 0.2) is 0 Å². The Balaban J connectivity index is 2.82. The molecule has 1 atom stereocenters. The standard InChI is InChI=1S/C12H14N2O/c1-3-7-14-12(9-13)10-5-4-6-11(8-10)15-2/h3-6,8,12,14H,1,7H2,2H3/t12-/m1/s1. The minimum atomic E-state index is -0.321. The highest BCUT2D eigenvalue weighted by Gasteiger charge is 2.08. The van der Waals surface area contributed by atoms with Crippen molar-refractivity contribution in [3.8, 4) is 11.8 Å². The molecule has 0 amide bonds. The summed E-state index contributed by atoms with van der Waals surface area (Å²) in [5.74, 6) is 0.758. The molecule has 0 aliphatic carbocycles. The Morgan fingerprint density at radius 3 is 3.07 bits per heavy atom. The largest absolute Gasteiger partial charge is 0.497 e. The molecule has 3 nitrogen and oxygen atoms in total. The summed E-state index contributed by atoms with van der Waals surface area (Å²) in [6.07, 6.45) is 1.73. The lowest BCUT2D eigenvalue weighted by atomic mass is 10.1. The van der Waals surface area contributed by atoms with Crippen LogP contribution < -0.4 is 10.1 Å². The average Bonchev–Trinajstić information content (AvgIpc) is 2.30. The van der Waals surface area contributed by atoms with E-state index < -0.39 is 0 Å². The Labute approximate surface area is 90.0 Å². The Morgan fingerprint density at radius 1 is 1.67 bits per heavy atom. The van der Waals surface area contributed by atoms with Crippen molar-refractivity contribution in [1.29, 1.82) is 5.26 Å². The fourth-order valence-corrected chi connectivity index (χ4v) is 1.26. The fraction of sp³-hybridized carbons (Fsp3) is 0.250. The number of ether oxygens (including phenoxy) is 1. The van der Waals surface area contributed by atoms with Crippen molar-refractivity contribution in [1.82, 2.24) is 5.32 Å². The first-order valence-corrected chi connectivity index (χ1v) is 4.69. The van der Waals surface area contributed by atoms with E-state index in [2.05, 4.69) is 18.0 Å². The second-order valence-electron chi connectivity index (χ2n) is 3.04. The first-order chi connectivity index (χ1) is 7.31. The van der Waals surface area contributed by atoms with Gasteiger partial charge in [0.2, 0.25) is 0 Å². The molecule has 1 aromatic rings. The van der Waals surface area contributed by atoms with E-state index in [9.17, 15) is 0 Å². The number of nitriles is 1. The molecule has 0 spiro atoms. The van der Waals surface area contributed by atoms with Gasteiger partial charge >= 0.3 is 0 Å². The van der Waals surface area contributed by atoms with Gasteiger partial charge in [0.1, 0.15) is 11.8 Å². The Bertz CT molecular complexity index is 368. The molecule has 0 saturated carbocycles. The van der Waals surface area contributed by atoms with Crippen LogP contribution in [-0.2, 0) is 0 Å². The highest BCUT2D eigenvalue weighted by Crippen LogP contribution is 2.18. The second kappa shape index (κ2) is 5.84. The van der Waals surface area contributed by atoms with Crippen molar-refractivity contribution < 1.29 is 4.74 Å². The molecule has 0 bridgehead atoms. The van der Waals surface area contributed by atoms with E-state index >= 15 is 0 Å². The maximum Gasteiger partial charge on any atom is 0.121 e. The normalized spacial score (nSPS) is 11.5. The van der Waals surface area contributed by atoms with Gasteiger partial charge in [0.25, 0.3) is 0 Å². The minimum absolute atomic E-state index is 0.321. The van der Waals surface area contributed by atoms with Crippen LogP contribution in [0.1, 0.15) is 11.6 Å². The number of methoxy groups -OCH3 is 1. The molecule has 0 aliphatic heterocycles. The van der Waals surface area contributed by atoms with Crippen molar-refractivity contribution >= 4 is 0 Å². The quantitative estimate of drug-likeness (QED) is 0.743. The van der Waals surface area contributed by atoms with Crippen molar-refractivity contribution in [2.24, 2.45) is 0 Å². The van der Waals surface area contributed by atoms with Gasteiger partial charge < -0.3 is 4.74 Å². The topological polar surface area (TPSA) is 45.0 Å². The maximum atomic E-state index is 8.98. The van der Waals surface area contributed by atoms with E-state index in [1.165, 1.54) is 0 Å². The Morgan fingerprint density at radius 2 is 2.47 bits per heavy atom. The van der Waals surface area contributed by atoms with Crippen LogP contribution in [0.4, 0.5) is 0 Å². The van der Waals surface area contributed by atoms with Crippen LogP contribution in [0.3, 0.4) is 0 Å². The summed E-state index contributed by atoms with van der Waals surface area (Å²) < 4.78 is 5.10.